The van der Waals surface area contributed by atoms with Gasteiger partial charge in [0.05, 0.1) is 32.0 Å². The van der Waals surface area contributed by atoms with Gasteiger partial charge >= 0.3 is 0 Å². The molecule has 1 aliphatic heterocycles. The van der Waals surface area contributed by atoms with Crippen LogP contribution in [0, 0.1) is 0 Å². The van der Waals surface area contributed by atoms with E-state index >= 15 is 0 Å². The van der Waals surface area contributed by atoms with Crippen LogP contribution >= 0.6 is 0 Å². The monoisotopic (exact) mass is 300 g/mol. The Labute approximate surface area is 127 Å². The Morgan fingerprint density at radius 3 is 2.77 bits per heavy atom. The number of benzene rings is 1. The number of anilines is 1. The number of carbonyl (C=O) groups is 1. The molecule has 22 heavy (non-hydrogen) atoms. The number of ether oxygens (including phenoxy) is 2. The summed E-state index contributed by atoms with van der Waals surface area (Å²) in [7, 11) is 3.16. The Hall–Kier alpha value is -2.83. The summed E-state index contributed by atoms with van der Waals surface area (Å²) in [6.45, 7) is 0.880. The fourth-order valence-corrected chi connectivity index (χ4v) is 2.48. The third-order valence-electron chi connectivity index (χ3n) is 3.57. The molecule has 1 aromatic heterocycles. The summed E-state index contributed by atoms with van der Waals surface area (Å²) in [5.74, 6) is 1.37. The van der Waals surface area contributed by atoms with Gasteiger partial charge in [0.25, 0.3) is 5.91 Å². The first-order valence-corrected chi connectivity index (χ1v) is 6.74. The van der Waals surface area contributed by atoms with Crippen molar-refractivity contribution in [2.45, 2.75) is 13.1 Å². The summed E-state index contributed by atoms with van der Waals surface area (Å²) >= 11 is 0. The van der Waals surface area contributed by atoms with Gasteiger partial charge in [-0.25, -0.2) is 9.97 Å². The quantitative estimate of drug-likeness (QED) is 0.913. The molecular weight excluding hydrogens is 284 g/mol. The molecule has 7 nitrogen and oxygen atoms in total. The van der Waals surface area contributed by atoms with E-state index < -0.39 is 0 Å². The van der Waals surface area contributed by atoms with Crippen LogP contribution in [0.25, 0.3) is 0 Å². The van der Waals surface area contributed by atoms with E-state index in [0.29, 0.717) is 35.8 Å². The molecule has 0 unspecified atom stereocenters. The molecule has 0 fully saturated rings. The van der Waals surface area contributed by atoms with Crippen LogP contribution in [0.1, 0.15) is 21.6 Å². The number of nitrogens with zero attached hydrogens (tertiary/aromatic N) is 3. The van der Waals surface area contributed by atoms with Crippen molar-refractivity contribution in [3.8, 4) is 11.5 Å². The van der Waals surface area contributed by atoms with E-state index in [1.807, 2.05) is 18.2 Å². The van der Waals surface area contributed by atoms with Crippen molar-refractivity contribution in [3.63, 3.8) is 0 Å². The van der Waals surface area contributed by atoms with Crippen LogP contribution in [0.15, 0.2) is 24.4 Å². The molecule has 3 rings (SSSR count). The van der Waals surface area contributed by atoms with E-state index in [0.717, 1.165) is 5.56 Å². The Balaban J connectivity index is 1.82. The molecule has 0 radical (unpaired) electrons. The molecule has 0 saturated carbocycles. The Bertz CT molecular complexity index is 733. The van der Waals surface area contributed by atoms with Gasteiger partial charge in [0.1, 0.15) is 0 Å². The molecule has 2 aromatic rings. The second-order valence-electron chi connectivity index (χ2n) is 4.94. The summed E-state index contributed by atoms with van der Waals surface area (Å²) in [4.78, 5) is 22.0. The fraction of sp³-hybridized carbons (Fsp3) is 0.267. The maximum absolute atomic E-state index is 12.3. The number of nitrogen functional groups attached to an aromatic ring is 1. The average molecular weight is 300 g/mol. The first-order valence-electron chi connectivity index (χ1n) is 6.74. The lowest BCUT2D eigenvalue weighted by Gasteiger charge is -2.16. The van der Waals surface area contributed by atoms with Gasteiger partial charge in [-0.05, 0) is 17.7 Å². The number of rotatable bonds is 4. The molecule has 1 amide bonds. The van der Waals surface area contributed by atoms with Crippen molar-refractivity contribution in [1.29, 1.82) is 0 Å². The molecule has 114 valence electrons. The zero-order valence-corrected chi connectivity index (χ0v) is 12.4. The molecule has 0 bridgehead atoms. The van der Waals surface area contributed by atoms with Gasteiger partial charge in [-0.3, -0.25) is 4.79 Å². The highest BCUT2D eigenvalue weighted by Gasteiger charge is 2.29. The van der Waals surface area contributed by atoms with Crippen LogP contribution in [0.3, 0.4) is 0 Å². The zero-order chi connectivity index (χ0) is 15.7. The number of hydrogen-bond acceptors (Lipinski definition) is 6. The third kappa shape index (κ3) is 2.41. The van der Waals surface area contributed by atoms with Crippen molar-refractivity contribution in [1.82, 2.24) is 14.9 Å². The van der Waals surface area contributed by atoms with Crippen LogP contribution in [-0.2, 0) is 13.1 Å². The van der Waals surface area contributed by atoms with Crippen LogP contribution in [0.5, 0.6) is 11.5 Å². The number of aromatic nitrogens is 2. The lowest BCUT2D eigenvalue weighted by Crippen LogP contribution is -2.23. The third-order valence-corrected chi connectivity index (χ3v) is 3.57. The number of fused-ring (bicyclic) bond motifs is 1. The van der Waals surface area contributed by atoms with Crippen molar-refractivity contribution in [3.05, 3.63) is 41.2 Å². The van der Waals surface area contributed by atoms with Gasteiger partial charge < -0.3 is 20.1 Å². The maximum atomic E-state index is 12.3. The molecule has 0 aliphatic carbocycles. The Kier molecular flexibility index (Phi) is 3.54. The highest BCUT2D eigenvalue weighted by Crippen LogP contribution is 2.29. The Morgan fingerprint density at radius 2 is 2.05 bits per heavy atom. The van der Waals surface area contributed by atoms with Gasteiger partial charge in [0.15, 0.2) is 11.5 Å². The van der Waals surface area contributed by atoms with E-state index in [4.69, 9.17) is 15.2 Å². The van der Waals surface area contributed by atoms with Gasteiger partial charge in [-0.15, -0.1) is 0 Å². The average Bonchev–Trinajstić information content (AvgIpc) is 2.82. The van der Waals surface area contributed by atoms with Crippen LogP contribution in [-0.4, -0.2) is 35.0 Å². The first kappa shape index (κ1) is 14.1. The normalized spacial score (nSPS) is 13.2. The predicted molar refractivity (Wildman–Crippen MR) is 79.6 cm³/mol. The molecule has 1 aromatic carbocycles. The maximum Gasteiger partial charge on any atom is 0.258 e. The molecular formula is C15H16N4O3. The number of nitrogens with two attached hydrogens (primary N) is 1. The SMILES string of the molecule is COc1ccc(CN2Cc3nc(N)ncc3C2=O)cc1OC. The summed E-state index contributed by atoms with van der Waals surface area (Å²) in [6.07, 6.45) is 1.48. The molecule has 0 saturated heterocycles. The lowest BCUT2D eigenvalue weighted by molar-refractivity contribution is 0.0766. The predicted octanol–water partition coefficient (Wildman–Crippen LogP) is 1.23. The van der Waals surface area contributed by atoms with E-state index in [1.54, 1.807) is 19.1 Å². The number of hydrogen-bond donors (Lipinski definition) is 1. The van der Waals surface area contributed by atoms with Crippen LogP contribution in [0.4, 0.5) is 5.95 Å². The smallest absolute Gasteiger partial charge is 0.258 e. The first-order chi connectivity index (χ1) is 10.6. The second-order valence-corrected chi connectivity index (χ2v) is 4.94. The van der Waals surface area contributed by atoms with Gasteiger partial charge in [-0.1, -0.05) is 6.07 Å². The highest BCUT2D eigenvalue weighted by molar-refractivity contribution is 5.97. The van der Waals surface area contributed by atoms with Gasteiger partial charge in [0, 0.05) is 12.7 Å². The van der Waals surface area contributed by atoms with Crippen molar-refractivity contribution in [2.24, 2.45) is 0 Å². The van der Waals surface area contributed by atoms with Crippen molar-refractivity contribution >= 4 is 11.9 Å². The van der Waals surface area contributed by atoms with Gasteiger partial charge in [-0.2, -0.15) is 0 Å². The van der Waals surface area contributed by atoms with Crippen molar-refractivity contribution < 1.29 is 14.3 Å². The topological polar surface area (TPSA) is 90.6 Å². The van der Waals surface area contributed by atoms with Crippen LogP contribution in [0.2, 0.25) is 0 Å². The molecule has 2 N–H and O–H groups in total. The largest absolute Gasteiger partial charge is 0.493 e. The van der Waals surface area contributed by atoms with Crippen LogP contribution < -0.4 is 15.2 Å². The van der Waals surface area contributed by atoms with E-state index in [1.165, 1.54) is 6.20 Å². The fourth-order valence-electron chi connectivity index (χ4n) is 2.48. The number of methoxy groups -OCH3 is 2. The summed E-state index contributed by atoms with van der Waals surface area (Å²) in [5, 5.41) is 0. The summed E-state index contributed by atoms with van der Waals surface area (Å²) < 4.78 is 10.5. The Morgan fingerprint density at radius 1 is 1.27 bits per heavy atom. The van der Waals surface area contributed by atoms with Gasteiger partial charge in [0.2, 0.25) is 5.95 Å². The summed E-state index contributed by atoms with van der Waals surface area (Å²) in [5.41, 5.74) is 7.68. The zero-order valence-electron chi connectivity index (χ0n) is 12.4. The summed E-state index contributed by atoms with van der Waals surface area (Å²) in [6, 6.07) is 5.58. The molecule has 0 atom stereocenters. The number of amides is 1. The van der Waals surface area contributed by atoms with E-state index in [9.17, 15) is 4.79 Å². The minimum absolute atomic E-state index is 0.0928. The lowest BCUT2D eigenvalue weighted by atomic mass is 10.2. The minimum Gasteiger partial charge on any atom is -0.493 e. The molecule has 2 heterocycles. The molecule has 0 spiro atoms. The standard InChI is InChI=1S/C15H16N4O3/c1-21-12-4-3-9(5-13(12)22-2)7-19-8-11-10(14(19)20)6-17-15(16)18-11/h3-6H,7-8H2,1-2H3,(H2,16,17,18). The van der Waals surface area contributed by atoms with E-state index in [2.05, 4.69) is 9.97 Å². The second kappa shape index (κ2) is 5.51. The van der Waals surface area contributed by atoms with Crippen molar-refractivity contribution in [2.75, 3.05) is 20.0 Å². The van der Waals surface area contributed by atoms with E-state index in [-0.39, 0.29) is 11.9 Å². The molecule has 7 heteroatoms. The number of carbonyl (C=O) groups excluding carboxylic acids is 1. The minimum atomic E-state index is -0.0928. The highest BCUT2D eigenvalue weighted by atomic mass is 16.5. The molecule has 1 aliphatic rings.